The Kier molecular flexibility index (Phi) is 6.00. The molecule has 1 fully saturated rings. The molecule has 0 atom stereocenters. The lowest BCUT2D eigenvalue weighted by molar-refractivity contribution is -0.136. The second kappa shape index (κ2) is 7.98. The topological polar surface area (TPSA) is 61.9 Å². The highest BCUT2D eigenvalue weighted by atomic mass is 19.1. The van der Waals surface area contributed by atoms with Crippen molar-refractivity contribution in [3.63, 3.8) is 0 Å². The Morgan fingerprint density at radius 2 is 1.83 bits per heavy atom. The first-order valence-corrected chi connectivity index (χ1v) is 7.25. The molecule has 6 nitrogen and oxygen atoms in total. The largest absolute Gasteiger partial charge is 0.378 e. The number of morpholine rings is 1. The van der Waals surface area contributed by atoms with Crippen LogP contribution in [0, 0.1) is 11.6 Å². The number of hydrogen-bond donors (Lipinski definition) is 1. The van der Waals surface area contributed by atoms with E-state index < -0.39 is 23.2 Å². The molecule has 1 heterocycles. The van der Waals surface area contributed by atoms with Gasteiger partial charge >= 0.3 is 0 Å². The number of anilines is 1. The van der Waals surface area contributed by atoms with E-state index in [0.717, 1.165) is 12.1 Å². The molecule has 0 aliphatic carbocycles. The first-order valence-electron chi connectivity index (χ1n) is 7.25. The molecular formula is C15H19F2N3O3. The Bertz CT molecular complexity index is 557. The molecule has 1 aromatic rings. The molecule has 0 spiro atoms. The lowest BCUT2D eigenvalue weighted by Crippen LogP contribution is -2.46. The Morgan fingerprint density at radius 1 is 1.22 bits per heavy atom. The summed E-state index contributed by atoms with van der Waals surface area (Å²) in [6, 6.07) is 3.34. The molecule has 1 aliphatic heterocycles. The van der Waals surface area contributed by atoms with Gasteiger partial charge in [-0.05, 0) is 19.2 Å². The summed E-state index contributed by atoms with van der Waals surface area (Å²) in [5.41, 5.74) is -0.481. The average Bonchev–Trinajstić information content (AvgIpc) is 2.51. The third kappa shape index (κ3) is 4.97. The molecule has 0 unspecified atom stereocenters. The highest BCUT2D eigenvalue weighted by Gasteiger charge is 2.20. The van der Waals surface area contributed by atoms with E-state index in [0.29, 0.717) is 26.3 Å². The summed E-state index contributed by atoms with van der Waals surface area (Å²) >= 11 is 0. The highest BCUT2D eigenvalue weighted by Crippen LogP contribution is 2.17. The van der Waals surface area contributed by atoms with Crippen LogP contribution >= 0.6 is 0 Å². The fourth-order valence-electron chi connectivity index (χ4n) is 2.24. The molecule has 0 bridgehead atoms. The zero-order valence-electron chi connectivity index (χ0n) is 12.8. The number of hydrogen-bond acceptors (Lipinski definition) is 4. The second-order valence-corrected chi connectivity index (χ2v) is 5.31. The highest BCUT2D eigenvalue weighted by molar-refractivity contribution is 5.92. The standard InChI is InChI=1S/C15H19F2N3O3/c1-19(10-14(22)20-5-7-23-8-6-20)9-13(21)18-15-11(16)3-2-4-12(15)17/h2-4H,5-10H2,1H3,(H,18,21). The van der Waals surface area contributed by atoms with Gasteiger partial charge in [0, 0.05) is 13.1 Å². The van der Waals surface area contributed by atoms with E-state index in [9.17, 15) is 18.4 Å². The summed E-state index contributed by atoms with van der Waals surface area (Å²) < 4.78 is 32.1. The minimum atomic E-state index is -0.842. The lowest BCUT2D eigenvalue weighted by atomic mass is 10.3. The zero-order chi connectivity index (χ0) is 16.8. The molecule has 1 aliphatic rings. The summed E-state index contributed by atoms with van der Waals surface area (Å²) in [5, 5.41) is 2.19. The quantitative estimate of drug-likeness (QED) is 0.865. The SMILES string of the molecule is CN(CC(=O)Nc1c(F)cccc1F)CC(=O)N1CCOCC1. The van der Waals surface area contributed by atoms with Gasteiger partial charge in [-0.2, -0.15) is 0 Å². The van der Waals surface area contributed by atoms with E-state index in [1.54, 1.807) is 11.9 Å². The number of carbonyl (C=O) groups excluding carboxylic acids is 2. The molecule has 0 saturated carbocycles. The van der Waals surface area contributed by atoms with Gasteiger partial charge in [-0.15, -0.1) is 0 Å². The Labute approximate surface area is 133 Å². The van der Waals surface area contributed by atoms with Gasteiger partial charge < -0.3 is 15.0 Å². The summed E-state index contributed by atoms with van der Waals surface area (Å²) in [7, 11) is 1.59. The van der Waals surface area contributed by atoms with Crippen LogP contribution in [0.3, 0.4) is 0 Å². The van der Waals surface area contributed by atoms with Gasteiger partial charge in [0.1, 0.15) is 17.3 Å². The van der Waals surface area contributed by atoms with E-state index in [1.165, 1.54) is 11.0 Å². The summed E-state index contributed by atoms with van der Waals surface area (Å²) in [4.78, 5) is 27.0. The predicted octanol–water partition coefficient (Wildman–Crippen LogP) is 0.694. The first kappa shape index (κ1) is 17.3. The van der Waals surface area contributed by atoms with E-state index in [1.807, 2.05) is 0 Å². The number of halogens is 2. The first-order chi connectivity index (χ1) is 11.0. The van der Waals surface area contributed by atoms with Gasteiger partial charge in [0.15, 0.2) is 0 Å². The molecule has 126 valence electrons. The smallest absolute Gasteiger partial charge is 0.238 e. The van der Waals surface area contributed by atoms with Gasteiger partial charge in [0.05, 0.1) is 26.3 Å². The fourth-order valence-corrected chi connectivity index (χ4v) is 2.24. The minimum absolute atomic E-state index is 0.0488. The normalized spacial score (nSPS) is 14.9. The van der Waals surface area contributed by atoms with Crippen LogP contribution in [-0.2, 0) is 14.3 Å². The van der Waals surface area contributed by atoms with Crippen LogP contribution in [0.1, 0.15) is 0 Å². The minimum Gasteiger partial charge on any atom is -0.378 e. The van der Waals surface area contributed by atoms with Crippen molar-refractivity contribution in [3.05, 3.63) is 29.8 Å². The molecular weight excluding hydrogens is 308 g/mol. The van der Waals surface area contributed by atoms with Crippen LogP contribution in [-0.4, -0.2) is 68.1 Å². The van der Waals surface area contributed by atoms with Gasteiger partial charge in [0.25, 0.3) is 0 Å². The van der Waals surface area contributed by atoms with Crippen molar-refractivity contribution < 1.29 is 23.1 Å². The maximum atomic E-state index is 13.5. The van der Waals surface area contributed by atoms with Crippen molar-refractivity contribution in [2.75, 3.05) is 51.8 Å². The lowest BCUT2D eigenvalue weighted by Gasteiger charge is -2.28. The van der Waals surface area contributed by atoms with Crippen LogP contribution in [0.5, 0.6) is 0 Å². The number of carbonyl (C=O) groups is 2. The van der Waals surface area contributed by atoms with Crippen molar-refractivity contribution in [1.29, 1.82) is 0 Å². The third-order valence-corrected chi connectivity index (χ3v) is 3.41. The van der Waals surface area contributed by atoms with Gasteiger partial charge in [-0.1, -0.05) is 6.07 Å². The van der Waals surface area contributed by atoms with Crippen LogP contribution in [0.2, 0.25) is 0 Å². The average molecular weight is 327 g/mol. The molecule has 2 rings (SSSR count). The number of rotatable bonds is 5. The number of nitrogens with zero attached hydrogens (tertiary/aromatic N) is 2. The molecule has 2 amide bonds. The van der Waals surface area contributed by atoms with Crippen molar-refractivity contribution in [3.8, 4) is 0 Å². The summed E-state index contributed by atoms with van der Waals surface area (Å²) in [5.74, 6) is -2.39. The predicted molar refractivity (Wildman–Crippen MR) is 79.9 cm³/mol. The number of benzene rings is 1. The van der Waals surface area contributed by atoms with Crippen molar-refractivity contribution in [1.82, 2.24) is 9.80 Å². The van der Waals surface area contributed by atoms with Crippen LogP contribution in [0.4, 0.5) is 14.5 Å². The molecule has 1 saturated heterocycles. The Morgan fingerprint density at radius 3 is 2.43 bits per heavy atom. The van der Waals surface area contributed by atoms with Crippen molar-refractivity contribution in [2.45, 2.75) is 0 Å². The summed E-state index contributed by atoms with van der Waals surface area (Å²) in [6.45, 7) is 1.96. The Hall–Kier alpha value is -2.06. The van der Waals surface area contributed by atoms with Gasteiger partial charge in [-0.3, -0.25) is 14.5 Å². The molecule has 23 heavy (non-hydrogen) atoms. The van der Waals surface area contributed by atoms with Gasteiger partial charge in [0.2, 0.25) is 11.8 Å². The molecule has 0 radical (unpaired) electrons. The van der Waals surface area contributed by atoms with E-state index >= 15 is 0 Å². The van der Waals surface area contributed by atoms with E-state index in [-0.39, 0.29) is 19.0 Å². The maximum Gasteiger partial charge on any atom is 0.238 e. The number of para-hydroxylation sites is 1. The maximum absolute atomic E-state index is 13.5. The molecule has 0 aromatic heterocycles. The number of ether oxygens (including phenoxy) is 1. The van der Waals surface area contributed by atoms with Crippen LogP contribution in [0.15, 0.2) is 18.2 Å². The summed E-state index contributed by atoms with van der Waals surface area (Å²) in [6.07, 6.45) is 0. The molecule has 8 heteroatoms. The monoisotopic (exact) mass is 327 g/mol. The van der Waals surface area contributed by atoms with Gasteiger partial charge in [-0.25, -0.2) is 8.78 Å². The number of likely N-dealkylation sites (N-methyl/N-ethyl adjacent to an activating group) is 1. The van der Waals surface area contributed by atoms with Crippen LogP contribution < -0.4 is 5.32 Å². The fraction of sp³-hybridized carbons (Fsp3) is 0.467. The van der Waals surface area contributed by atoms with Crippen molar-refractivity contribution >= 4 is 17.5 Å². The van der Waals surface area contributed by atoms with Crippen LogP contribution in [0.25, 0.3) is 0 Å². The van der Waals surface area contributed by atoms with E-state index in [4.69, 9.17) is 4.74 Å². The zero-order valence-corrected chi connectivity index (χ0v) is 12.8. The number of nitrogens with one attached hydrogen (secondary N) is 1. The second-order valence-electron chi connectivity index (χ2n) is 5.31. The number of amides is 2. The van der Waals surface area contributed by atoms with E-state index in [2.05, 4.69) is 5.32 Å². The molecule has 1 N–H and O–H groups in total. The third-order valence-electron chi connectivity index (χ3n) is 3.41. The van der Waals surface area contributed by atoms with Crippen molar-refractivity contribution in [2.24, 2.45) is 0 Å². The molecule has 1 aromatic carbocycles. The Balaban J connectivity index is 1.83.